The van der Waals surface area contributed by atoms with Crippen LogP contribution in [0, 0.1) is 23.2 Å². The highest BCUT2D eigenvalue weighted by Crippen LogP contribution is 2.47. The van der Waals surface area contributed by atoms with Gasteiger partial charge in [0, 0.05) is 32.6 Å². The van der Waals surface area contributed by atoms with Crippen LogP contribution in [0.15, 0.2) is 24.3 Å². The van der Waals surface area contributed by atoms with Crippen LogP contribution in [0.2, 0.25) is 0 Å². The predicted octanol–water partition coefficient (Wildman–Crippen LogP) is 2.57. The zero-order valence-electron chi connectivity index (χ0n) is 22.1. The van der Waals surface area contributed by atoms with Gasteiger partial charge in [0.2, 0.25) is 17.7 Å². The number of carbonyl (C=O) groups is 4. The molecule has 11 heteroatoms. The molecule has 4 atom stereocenters. The number of hydrogen-bond acceptors (Lipinski definition) is 5. The third kappa shape index (κ3) is 5.21. The summed E-state index contributed by atoms with van der Waals surface area (Å²) in [5, 5.41) is 15.1. The smallest absolute Gasteiger partial charge is 0.321 e. The number of anilines is 1. The second-order valence-electron chi connectivity index (χ2n) is 11.6. The number of nitriles is 1. The molecule has 9 nitrogen and oxygen atoms in total. The van der Waals surface area contributed by atoms with E-state index in [-0.39, 0.29) is 37.1 Å². The Morgan fingerprint density at radius 3 is 2.46 bits per heavy atom. The first-order valence-corrected chi connectivity index (χ1v) is 13.5. The number of likely N-dealkylation sites (tertiary alicyclic amines) is 1. The second kappa shape index (κ2) is 9.88. The third-order valence-electron chi connectivity index (χ3n) is 8.54. The zero-order chi connectivity index (χ0) is 28.1. The topological polar surface area (TPSA) is 123 Å². The van der Waals surface area contributed by atoms with E-state index in [9.17, 15) is 33.2 Å². The van der Waals surface area contributed by atoms with Crippen molar-refractivity contribution >= 4 is 29.3 Å². The van der Waals surface area contributed by atoms with Gasteiger partial charge in [0.25, 0.3) is 5.91 Å². The van der Waals surface area contributed by atoms with Gasteiger partial charge in [-0.05, 0) is 36.3 Å². The van der Waals surface area contributed by atoms with E-state index in [1.165, 1.54) is 16.8 Å². The molecule has 0 aromatic heterocycles. The number of rotatable bonds is 9. The average molecular weight is 542 g/mol. The van der Waals surface area contributed by atoms with Crippen molar-refractivity contribution in [2.45, 2.75) is 81.3 Å². The Hall–Kier alpha value is -3.55. The Bertz CT molecular complexity index is 1240. The third-order valence-corrected chi connectivity index (χ3v) is 8.54. The van der Waals surface area contributed by atoms with E-state index in [1.807, 2.05) is 12.1 Å². The minimum atomic E-state index is -3.65. The standard InChI is InChI=1S/C28H33F2N5O4/c1-27(29,30)25(38)33-21(11-16-7-8-16)23(36)34(2)22(12-17-9-10-17)24(37)35-15-28(13-18(35)14-31)19-5-3-4-6-20(19)32-26(28)39/h3-6,16-18,21-22H,7-13,15H2,1-2H3,(H,32,39)(H,33,38)/t18-,21-,22-,28-/m0/s1. The van der Waals surface area contributed by atoms with Gasteiger partial charge in [0.05, 0.1) is 11.5 Å². The van der Waals surface area contributed by atoms with Crippen molar-refractivity contribution in [3.05, 3.63) is 29.8 Å². The fourth-order valence-corrected chi connectivity index (χ4v) is 5.86. The van der Waals surface area contributed by atoms with E-state index in [1.54, 1.807) is 12.1 Å². The van der Waals surface area contributed by atoms with Gasteiger partial charge >= 0.3 is 5.92 Å². The molecule has 1 spiro atoms. The molecule has 0 bridgehead atoms. The Balaban J connectivity index is 1.40. The molecule has 2 aliphatic heterocycles. The molecule has 2 aliphatic carbocycles. The van der Waals surface area contributed by atoms with Crippen molar-refractivity contribution in [1.82, 2.24) is 15.1 Å². The Kier molecular flexibility index (Phi) is 6.85. The van der Waals surface area contributed by atoms with E-state index < -0.39 is 47.2 Å². The highest BCUT2D eigenvalue weighted by molar-refractivity contribution is 6.07. The number of likely N-dealkylation sites (N-methyl/N-ethyl adjacent to an activating group) is 1. The summed E-state index contributed by atoms with van der Waals surface area (Å²) < 4.78 is 27.3. The largest absolute Gasteiger partial charge is 0.339 e. The molecule has 4 aliphatic rings. The minimum absolute atomic E-state index is 0.000396. The number of nitrogens with one attached hydrogen (secondary N) is 2. The molecular formula is C28H33F2N5O4. The lowest BCUT2D eigenvalue weighted by Gasteiger charge is -2.34. The van der Waals surface area contributed by atoms with Crippen LogP contribution in [0.3, 0.4) is 0 Å². The number of fused-ring (bicyclic) bond motifs is 2. The van der Waals surface area contributed by atoms with Crippen LogP contribution >= 0.6 is 0 Å². The van der Waals surface area contributed by atoms with Crippen LogP contribution in [-0.4, -0.2) is 71.1 Å². The molecule has 0 radical (unpaired) electrons. The molecule has 5 rings (SSSR count). The fourth-order valence-electron chi connectivity index (χ4n) is 5.86. The molecule has 3 fully saturated rings. The number of benzene rings is 1. The van der Waals surface area contributed by atoms with Crippen molar-refractivity contribution in [2.75, 3.05) is 18.9 Å². The molecule has 208 valence electrons. The van der Waals surface area contributed by atoms with Crippen LogP contribution in [0.1, 0.15) is 57.4 Å². The van der Waals surface area contributed by atoms with E-state index in [4.69, 9.17) is 0 Å². The monoisotopic (exact) mass is 541 g/mol. The number of alkyl halides is 2. The maximum Gasteiger partial charge on any atom is 0.321 e. The lowest BCUT2D eigenvalue weighted by atomic mass is 9.80. The van der Waals surface area contributed by atoms with Crippen LogP contribution in [-0.2, 0) is 24.6 Å². The maximum absolute atomic E-state index is 14.1. The first-order valence-electron chi connectivity index (χ1n) is 13.5. The van der Waals surface area contributed by atoms with Gasteiger partial charge < -0.3 is 20.4 Å². The van der Waals surface area contributed by atoms with Crippen LogP contribution < -0.4 is 10.6 Å². The Labute approximate surface area is 225 Å². The summed E-state index contributed by atoms with van der Waals surface area (Å²) in [6.07, 6.45) is 4.21. The van der Waals surface area contributed by atoms with E-state index in [0.717, 1.165) is 31.2 Å². The summed E-state index contributed by atoms with van der Waals surface area (Å²) in [7, 11) is 1.45. The van der Waals surface area contributed by atoms with Gasteiger partial charge in [-0.3, -0.25) is 19.2 Å². The zero-order valence-corrected chi connectivity index (χ0v) is 22.1. The van der Waals surface area contributed by atoms with E-state index in [2.05, 4.69) is 16.7 Å². The molecule has 2 heterocycles. The van der Waals surface area contributed by atoms with Gasteiger partial charge in [-0.15, -0.1) is 0 Å². The van der Waals surface area contributed by atoms with Crippen molar-refractivity contribution in [1.29, 1.82) is 5.26 Å². The lowest BCUT2D eigenvalue weighted by molar-refractivity contribution is -0.150. The maximum atomic E-state index is 14.1. The first kappa shape index (κ1) is 27.0. The van der Waals surface area contributed by atoms with Crippen LogP contribution in [0.5, 0.6) is 0 Å². The number of para-hydroxylation sites is 1. The Morgan fingerprint density at radius 2 is 1.85 bits per heavy atom. The molecule has 1 saturated heterocycles. The SMILES string of the molecule is CN(C(=O)[C@H](CC1CC1)NC(=O)C(C)(F)F)[C@@H](CC1CC1)C(=O)N1C[C@]2(C[C@H]1C#N)C(=O)Nc1ccccc12. The van der Waals surface area contributed by atoms with Gasteiger partial charge in [0.15, 0.2) is 0 Å². The van der Waals surface area contributed by atoms with Crippen LogP contribution in [0.25, 0.3) is 0 Å². The number of nitrogens with zero attached hydrogens (tertiary/aromatic N) is 3. The summed E-state index contributed by atoms with van der Waals surface area (Å²) >= 11 is 0. The van der Waals surface area contributed by atoms with E-state index in [0.29, 0.717) is 19.0 Å². The van der Waals surface area contributed by atoms with Gasteiger partial charge in [0.1, 0.15) is 18.1 Å². The highest BCUT2D eigenvalue weighted by atomic mass is 19.3. The van der Waals surface area contributed by atoms with Crippen molar-refractivity contribution in [3.8, 4) is 6.07 Å². The molecule has 1 aromatic rings. The number of carbonyl (C=O) groups excluding carboxylic acids is 4. The van der Waals surface area contributed by atoms with Gasteiger partial charge in [-0.2, -0.15) is 14.0 Å². The van der Waals surface area contributed by atoms with Crippen molar-refractivity contribution < 1.29 is 28.0 Å². The number of hydrogen-bond donors (Lipinski definition) is 2. The quantitative estimate of drug-likeness (QED) is 0.498. The van der Waals surface area contributed by atoms with Gasteiger partial charge in [-0.1, -0.05) is 43.9 Å². The second-order valence-corrected chi connectivity index (χ2v) is 11.6. The summed E-state index contributed by atoms with van der Waals surface area (Å²) in [5.41, 5.74) is 0.331. The summed E-state index contributed by atoms with van der Waals surface area (Å²) in [6.45, 7) is 0.479. The number of halogens is 2. The first-order chi connectivity index (χ1) is 18.4. The average Bonchev–Trinajstić information content (AvgIpc) is 3.83. The summed E-state index contributed by atoms with van der Waals surface area (Å²) in [4.78, 5) is 55.5. The number of amides is 4. The molecule has 0 unspecified atom stereocenters. The molecular weight excluding hydrogens is 508 g/mol. The van der Waals surface area contributed by atoms with E-state index >= 15 is 0 Å². The van der Waals surface area contributed by atoms with Crippen LogP contribution in [0.4, 0.5) is 14.5 Å². The molecule has 2 saturated carbocycles. The molecule has 4 amide bonds. The minimum Gasteiger partial charge on any atom is -0.339 e. The molecule has 2 N–H and O–H groups in total. The lowest BCUT2D eigenvalue weighted by Crippen LogP contribution is -2.57. The normalized spacial score (nSPS) is 25.5. The molecule has 39 heavy (non-hydrogen) atoms. The van der Waals surface area contributed by atoms with Crippen molar-refractivity contribution in [3.63, 3.8) is 0 Å². The van der Waals surface area contributed by atoms with Crippen molar-refractivity contribution in [2.24, 2.45) is 11.8 Å². The predicted molar refractivity (Wildman–Crippen MR) is 136 cm³/mol. The molecule has 1 aromatic carbocycles. The Morgan fingerprint density at radius 1 is 1.21 bits per heavy atom. The summed E-state index contributed by atoms with van der Waals surface area (Å²) in [5.74, 6) is -6.13. The van der Waals surface area contributed by atoms with Gasteiger partial charge in [-0.25, -0.2) is 0 Å². The summed E-state index contributed by atoms with van der Waals surface area (Å²) in [6, 6.07) is 6.38. The fraction of sp³-hybridized carbons (Fsp3) is 0.607. The highest BCUT2D eigenvalue weighted by Gasteiger charge is 2.57.